The minimum atomic E-state index is 0.384. The van der Waals surface area contributed by atoms with E-state index in [4.69, 9.17) is 27.9 Å². The molecule has 3 rings (SSSR count). The number of benzene rings is 2. The number of hydrogen-bond donors (Lipinski definition) is 1. The molecular weight excluding hydrogens is 293 g/mol. The molecule has 0 aromatic heterocycles. The van der Waals surface area contributed by atoms with Gasteiger partial charge in [-0.2, -0.15) is 0 Å². The lowest BCUT2D eigenvalue weighted by molar-refractivity contribution is 0.415. The highest BCUT2D eigenvalue weighted by Crippen LogP contribution is 2.30. The van der Waals surface area contributed by atoms with Gasteiger partial charge < -0.3 is 10.1 Å². The first-order valence-corrected chi connectivity index (χ1v) is 7.28. The quantitative estimate of drug-likeness (QED) is 0.896. The molecule has 0 amide bonds. The molecule has 2 nitrogen and oxygen atoms in total. The zero-order chi connectivity index (χ0) is 14.1. The van der Waals surface area contributed by atoms with Gasteiger partial charge in [-0.15, -0.1) is 0 Å². The molecule has 2 aromatic carbocycles. The molecule has 0 spiro atoms. The van der Waals surface area contributed by atoms with Gasteiger partial charge in [-0.05, 0) is 48.2 Å². The Bertz CT molecular complexity index is 642. The summed E-state index contributed by atoms with van der Waals surface area (Å²) in [5.41, 5.74) is 3.72. The van der Waals surface area contributed by atoms with Crippen LogP contribution in [-0.4, -0.2) is 13.2 Å². The second-order valence-corrected chi connectivity index (χ2v) is 5.86. The number of hydrogen-bond acceptors (Lipinski definition) is 2. The Morgan fingerprint density at radius 1 is 1.05 bits per heavy atom. The van der Waals surface area contributed by atoms with Gasteiger partial charge in [-0.25, -0.2) is 0 Å². The highest BCUT2D eigenvalue weighted by Gasteiger charge is 2.21. The van der Waals surface area contributed by atoms with Crippen molar-refractivity contribution in [1.29, 1.82) is 0 Å². The molecule has 1 atom stereocenters. The van der Waals surface area contributed by atoms with Crippen molar-refractivity contribution in [2.45, 2.75) is 18.9 Å². The number of methoxy groups -OCH3 is 1. The Kier molecular flexibility index (Phi) is 3.77. The fourth-order valence-corrected chi connectivity index (χ4v) is 3.06. The van der Waals surface area contributed by atoms with Gasteiger partial charge >= 0.3 is 0 Å². The smallest absolute Gasteiger partial charge is 0.139 e. The third-order valence-electron chi connectivity index (χ3n) is 3.62. The van der Waals surface area contributed by atoms with Gasteiger partial charge in [0.25, 0.3) is 0 Å². The first-order valence-electron chi connectivity index (χ1n) is 6.53. The van der Waals surface area contributed by atoms with Crippen molar-refractivity contribution in [3.05, 3.63) is 57.6 Å². The van der Waals surface area contributed by atoms with Gasteiger partial charge in [-0.3, -0.25) is 0 Å². The van der Waals surface area contributed by atoms with Crippen molar-refractivity contribution in [3.63, 3.8) is 0 Å². The van der Waals surface area contributed by atoms with Crippen LogP contribution in [0.5, 0.6) is 5.75 Å². The molecule has 2 aromatic rings. The van der Waals surface area contributed by atoms with Crippen molar-refractivity contribution >= 4 is 28.9 Å². The summed E-state index contributed by atoms with van der Waals surface area (Å²) >= 11 is 12.1. The molecule has 0 aliphatic heterocycles. The summed E-state index contributed by atoms with van der Waals surface area (Å²) in [5.74, 6) is 0.690. The van der Waals surface area contributed by atoms with Crippen LogP contribution in [0.25, 0.3) is 0 Å². The van der Waals surface area contributed by atoms with Crippen molar-refractivity contribution in [1.82, 2.24) is 0 Å². The summed E-state index contributed by atoms with van der Waals surface area (Å²) in [4.78, 5) is 0. The largest absolute Gasteiger partial charge is 0.495 e. The van der Waals surface area contributed by atoms with Gasteiger partial charge in [0.05, 0.1) is 12.1 Å². The molecule has 1 aliphatic carbocycles. The van der Waals surface area contributed by atoms with E-state index in [1.807, 2.05) is 24.3 Å². The van der Waals surface area contributed by atoms with E-state index in [9.17, 15) is 0 Å². The minimum absolute atomic E-state index is 0.384. The summed E-state index contributed by atoms with van der Waals surface area (Å²) in [7, 11) is 1.62. The predicted octanol–water partition coefficient (Wildman–Crippen LogP) is 4.58. The van der Waals surface area contributed by atoms with Crippen LogP contribution < -0.4 is 10.1 Å². The zero-order valence-electron chi connectivity index (χ0n) is 11.1. The van der Waals surface area contributed by atoms with Crippen LogP contribution in [0.2, 0.25) is 10.0 Å². The maximum absolute atomic E-state index is 6.04. The van der Waals surface area contributed by atoms with Crippen molar-refractivity contribution in [2.24, 2.45) is 0 Å². The maximum atomic E-state index is 6.04. The maximum Gasteiger partial charge on any atom is 0.139 e. The van der Waals surface area contributed by atoms with Gasteiger partial charge in [0, 0.05) is 22.8 Å². The normalized spacial score (nSPS) is 16.9. The summed E-state index contributed by atoms with van der Waals surface area (Å²) in [6, 6.07) is 12.3. The molecule has 0 saturated carbocycles. The standard InChI is InChI=1S/C16H15Cl2NO/c1-20-16-9-13(4-5-15(16)18)19-14-7-10-2-3-12(17)6-11(10)8-14/h2-6,9,14,19H,7-8H2,1H3. The van der Waals surface area contributed by atoms with E-state index in [1.54, 1.807) is 7.11 Å². The average Bonchev–Trinajstić information content (AvgIpc) is 2.82. The first kappa shape index (κ1) is 13.6. The van der Waals surface area contributed by atoms with Crippen LogP contribution in [0.3, 0.4) is 0 Å². The van der Waals surface area contributed by atoms with Crippen LogP contribution in [0.4, 0.5) is 5.69 Å². The zero-order valence-corrected chi connectivity index (χ0v) is 12.6. The van der Waals surface area contributed by atoms with Crippen LogP contribution in [-0.2, 0) is 12.8 Å². The summed E-state index contributed by atoms with van der Waals surface area (Å²) in [6.07, 6.45) is 2.00. The fourth-order valence-electron chi connectivity index (χ4n) is 2.67. The van der Waals surface area contributed by atoms with Crippen LogP contribution in [0, 0.1) is 0 Å². The lowest BCUT2D eigenvalue weighted by Crippen LogP contribution is -2.19. The van der Waals surface area contributed by atoms with Gasteiger partial charge in [0.2, 0.25) is 0 Å². The average molecular weight is 308 g/mol. The summed E-state index contributed by atoms with van der Waals surface area (Å²) in [6.45, 7) is 0. The van der Waals surface area contributed by atoms with E-state index in [-0.39, 0.29) is 0 Å². The van der Waals surface area contributed by atoms with E-state index in [0.717, 1.165) is 23.6 Å². The van der Waals surface area contributed by atoms with Gasteiger partial charge in [0.15, 0.2) is 0 Å². The molecule has 1 aliphatic rings. The monoisotopic (exact) mass is 307 g/mol. The van der Waals surface area contributed by atoms with Crippen molar-refractivity contribution in [3.8, 4) is 5.75 Å². The second-order valence-electron chi connectivity index (χ2n) is 5.01. The van der Waals surface area contributed by atoms with Gasteiger partial charge in [-0.1, -0.05) is 29.3 Å². The second kappa shape index (κ2) is 5.55. The van der Waals surface area contributed by atoms with E-state index in [2.05, 4.69) is 17.4 Å². The number of halogens is 2. The molecule has 0 radical (unpaired) electrons. The number of fused-ring (bicyclic) bond motifs is 1. The lowest BCUT2D eigenvalue weighted by Gasteiger charge is -2.15. The highest BCUT2D eigenvalue weighted by molar-refractivity contribution is 6.32. The lowest BCUT2D eigenvalue weighted by atomic mass is 10.1. The molecule has 0 saturated heterocycles. The summed E-state index contributed by atoms with van der Waals surface area (Å²) < 4.78 is 5.24. The van der Waals surface area contributed by atoms with E-state index in [1.165, 1.54) is 11.1 Å². The minimum Gasteiger partial charge on any atom is -0.495 e. The Hall–Kier alpha value is -1.38. The number of rotatable bonds is 3. The first-order chi connectivity index (χ1) is 9.65. The number of ether oxygens (including phenoxy) is 1. The molecular formula is C16H15Cl2NO. The molecule has 20 heavy (non-hydrogen) atoms. The van der Waals surface area contributed by atoms with Crippen LogP contribution in [0.15, 0.2) is 36.4 Å². The van der Waals surface area contributed by atoms with Crippen molar-refractivity contribution < 1.29 is 4.74 Å². The predicted molar refractivity (Wildman–Crippen MR) is 84.3 cm³/mol. The molecule has 104 valence electrons. The SMILES string of the molecule is COc1cc(NC2Cc3ccc(Cl)cc3C2)ccc1Cl. The third kappa shape index (κ3) is 2.72. The molecule has 0 bridgehead atoms. The fraction of sp³-hybridized carbons (Fsp3) is 0.250. The Morgan fingerprint density at radius 3 is 2.65 bits per heavy atom. The summed E-state index contributed by atoms with van der Waals surface area (Å²) in [5, 5.41) is 4.96. The molecule has 1 unspecified atom stereocenters. The number of anilines is 1. The van der Waals surface area contributed by atoms with E-state index < -0.39 is 0 Å². The van der Waals surface area contributed by atoms with Crippen LogP contribution >= 0.6 is 23.2 Å². The molecule has 1 N–H and O–H groups in total. The number of nitrogens with one attached hydrogen (secondary N) is 1. The van der Waals surface area contributed by atoms with Gasteiger partial charge in [0.1, 0.15) is 5.75 Å². The molecule has 0 fully saturated rings. The van der Waals surface area contributed by atoms with E-state index in [0.29, 0.717) is 16.8 Å². The Labute approximate surface area is 128 Å². The van der Waals surface area contributed by atoms with Crippen LogP contribution in [0.1, 0.15) is 11.1 Å². The Morgan fingerprint density at radius 2 is 1.85 bits per heavy atom. The molecule has 0 heterocycles. The van der Waals surface area contributed by atoms with E-state index >= 15 is 0 Å². The highest BCUT2D eigenvalue weighted by atomic mass is 35.5. The Balaban J connectivity index is 1.74. The topological polar surface area (TPSA) is 21.3 Å². The van der Waals surface area contributed by atoms with Crippen molar-refractivity contribution in [2.75, 3.05) is 12.4 Å². The molecule has 4 heteroatoms. The third-order valence-corrected chi connectivity index (χ3v) is 4.17.